The SMILES string of the molecule is COc1cc(-c2cnccc2N)ccc1Cl. The van der Waals surface area contributed by atoms with Crippen LogP contribution in [0.2, 0.25) is 5.02 Å². The lowest BCUT2D eigenvalue weighted by Crippen LogP contribution is -1.91. The van der Waals surface area contributed by atoms with E-state index in [9.17, 15) is 0 Å². The number of nitrogens with two attached hydrogens (primary N) is 1. The van der Waals surface area contributed by atoms with Crippen molar-refractivity contribution in [2.75, 3.05) is 12.8 Å². The second-order valence-corrected chi connectivity index (χ2v) is 3.72. The molecule has 0 saturated heterocycles. The van der Waals surface area contributed by atoms with Crippen LogP contribution in [0.5, 0.6) is 5.75 Å². The van der Waals surface area contributed by atoms with Gasteiger partial charge in [0.15, 0.2) is 0 Å². The Balaban J connectivity index is 2.53. The highest BCUT2D eigenvalue weighted by Crippen LogP contribution is 2.32. The van der Waals surface area contributed by atoms with Gasteiger partial charge in [-0.2, -0.15) is 0 Å². The number of rotatable bonds is 2. The average Bonchev–Trinajstić information content (AvgIpc) is 2.31. The third-order valence-electron chi connectivity index (χ3n) is 2.32. The largest absolute Gasteiger partial charge is 0.495 e. The number of methoxy groups -OCH3 is 1. The van der Waals surface area contributed by atoms with E-state index in [1.807, 2.05) is 12.1 Å². The molecule has 0 bridgehead atoms. The lowest BCUT2D eigenvalue weighted by Gasteiger charge is -2.08. The number of halogens is 1. The Morgan fingerprint density at radius 2 is 2.12 bits per heavy atom. The minimum atomic E-state index is 0.578. The van der Waals surface area contributed by atoms with E-state index in [1.165, 1.54) is 0 Å². The standard InChI is InChI=1S/C12H11ClN2O/c1-16-12-6-8(2-3-10(12)13)9-7-15-5-4-11(9)14/h2-7H,1H3,(H2,14,15). The highest BCUT2D eigenvalue weighted by atomic mass is 35.5. The number of pyridine rings is 1. The van der Waals surface area contributed by atoms with Crippen LogP contribution in [0.15, 0.2) is 36.7 Å². The first-order valence-corrected chi connectivity index (χ1v) is 5.13. The fraction of sp³-hybridized carbons (Fsp3) is 0.0833. The summed E-state index contributed by atoms with van der Waals surface area (Å²) in [6.45, 7) is 0. The van der Waals surface area contributed by atoms with Crippen LogP contribution >= 0.6 is 11.6 Å². The van der Waals surface area contributed by atoms with Gasteiger partial charge >= 0.3 is 0 Å². The van der Waals surface area contributed by atoms with E-state index in [1.54, 1.807) is 31.6 Å². The number of hydrogen-bond donors (Lipinski definition) is 1. The van der Waals surface area contributed by atoms with Crippen molar-refractivity contribution >= 4 is 17.3 Å². The molecule has 0 radical (unpaired) electrons. The van der Waals surface area contributed by atoms with Gasteiger partial charge in [0.25, 0.3) is 0 Å². The molecule has 3 nitrogen and oxygen atoms in total. The molecule has 2 N–H and O–H groups in total. The second-order valence-electron chi connectivity index (χ2n) is 3.31. The molecule has 0 aliphatic rings. The molecule has 0 aliphatic heterocycles. The van der Waals surface area contributed by atoms with Crippen molar-refractivity contribution in [2.24, 2.45) is 0 Å². The lowest BCUT2D eigenvalue weighted by atomic mass is 10.1. The maximum Gasteiger partial charge on any atom is 0.138 e. The maximum atomic E-state index is 5.95. The van der Waals surface area contributed by atoms with E-state index in [0.29, 0.717) is 16.5 Å². The first kappa shape index (κ1) is 10.8. The predicted octanol–water partition coefficient (Wildman–Crippen LogP) is 2.99. The summed E-state index contributed by atoms with van der Waals surface area (Å²) in [6.07, 6.45) is 3.38. The Morgan fingerprint density at radius 3 is 2.81 bits per heavy atom. The van der Waals surface area contributed by atoms with E-state index < -0.39 is 0 Å². The van der Waals surface area contributed by atoms with E-state index in [4.69, 9.17) is 22.1 Å². The van der Waals surface area contributed by atoms with Crippen LogP contribution in [0, 0.1) is 0 Å². The Labute approximate surface area is 98.8 Å². The van der Waals surface area contributed by atoms with Crippen molar-refractivity contribution in [1.29, 1.82) is 0 Å². The van der Waals surface area contributed by atoms with Crippen molar-refractivity contribution in [3.63, 3.8) is 0 Å². The Bertz CT molecular complexity index is 514. The second kappa shape index (κ2) is 4.41. The molecule has 16 heavy (non-hydrogen) atoms. The zero-order valence-corrected chi connectivity index (χ0v) is 9.53. The van der Waals surface area contributed by atoms with E-state index in [2.05, 4.69) is 4.98 Å². The van der Waals surface area contributed by atoms with Crippen molar-refractivity contribution in [2.45, 2.75) is 0 Å². The molecule has 2 rings (SSSR count). The average molecular weight is 235 g/mol. The Morgan fingerprint density at radius 1 is 1.31 bits per heavy atom. The summed E-state index contributed by atoms with van der Waals surface area (Å²) < 4.78 is 5.15. The van der Waals surface area contributed by atoms with Gasteiger partial charge in [0.2, 0.25) is 0 Å². The molecule has 4 heteroatoms. The van der Waals surface area contributed by atoms with Crippen LogP contribution in [-0.2, 0) is 0 Å². The number of ether oxygens (including phenoxy) is 1. The summed E-state index contributed by atoms with van der Waals surface area (Å²) >= 11 is 5.95. The van der Waals surface area contributed by atoms with E-state index in [0.717, 1.165) is 11.1 Å². The summed E-state index contributed by atoms with van der Waals surface area (Å²) in [7, 11) is 1.58. The predicted molar refractivity (Wildman–Crippen MR) is 65.6 cm³/mol. The fourth-order valence-corrected chi connectivity index (χ4v) is 1.67. The summed E-state index contributed by atoms with van der Waals surface area (Å²) in [5.41, 5.74) is 8.36. The number of hydrogen-bond acceptors (Lipinski definition) is 3. The number of benzene rings is 1. The minimum Gasteiger partial charge on any atom is -0.495 e. The minimum absolute atomic E-state index is 0.578. The molecule has 0 unspecified atom stereocenters. The van der Waals surface area contributed by atoms with Crippen LogP contribution in [0.1, 0.15) is 0 Å². The van der Waals surface area contributed by atoms with Crippen molar-refractivity contribution in [3.05, 3.63) is 41.7 Å². The molecule has 1 aromatic carbocycles. The number of nitrogen functional groups attached to an aromatic ring is 1. The van der Waals surface area contributed by atoms with Gasteiger partial charge in [0, 0.05) is 23.6 Å². The monoisotopic (exact) mass is 234 g/mol. The smallest absolute Gasteiger partial charge is 0.138 e. The van der Waals surface area contributed by atoms with E-state index in [-0.39, 0.29) is 0 Å². The molecule has 1 heterocycles. The van der Waals surface area contributed by atoms with Gasteiger partial charge in [0.05, 0.1) is 12.1 Å². The highest BCUT2D eigenvalue weighted by Gasteiger charge is 2.06. The Hall–Kier alpha value is -1.74. The highest BCUT2D eigenvalue weighted by molar-refractivity contribution is 6.32. The number of aromatic nitrogens is 1. The maximum absolute atomic E-state index is 5.95. The lowest BCUT2D eigenvalue weighted by molar-refractivity contribution is 0.415. The third-order valence-corrected chi connectivity index (χ3v) is 2.63. The molecule has 0 atom stereocenters. The van der Waals surface area contributed by atoms with Crippen molar-refractivity contribution in [1.82, 2.24) is 4.98 Å². The van der Waals surface area contributed by atoms with Crippen LogP contribution in [0.3, 0.4) is 0 Å². The van der Waals surface area contributed by atoms with Crippen LogP contribution in [-0.4, -0.2) is 12.1 Å². The van der Waals surface area contributed by atoms with Crippen LogP contribution < -0.4 is 10.5 Å². The molecule has 0 amide bonds. The summed E-state index contributed by atoms with van der Waals surface area (Å²) in [4.78, 5) is 4.05. The zero-order valence-electron chi connectivity index (χ0n) is 8.77. The molecule has 0 saturated carbocycles. The van der Waals surface area contributed by atoms with Gasteiger partial charge in [-0.25, -0.2) is 0 Å². The first-order chi connectivity index (χ1) is 7.72. The molecule has 0 aliphatic carbocycles. The van der Waals surface area contributed by atoms with Crippen molar-refractivity contribution < 1.29 is 4.74 Å². The molecule has 0 spiro atoms. The van der Waals surface area contributed by atoms with Crippen LogP contribution in [0.4, 0.5) is 5.69 Å². The number of nitrogens with zero attached hydrogens (tertiary/aromatic N) is 1. The summed E-state index contributed by atoms with van der Waals surface area (Å²) in [6, 6.07) is 7.27. The molecule has 1 aromatic heterocycles. The van der Waals surface area contributed by atoms with Gasteiger partial charge in [0.1, 0.15) is 5.75 Å². The molecule has 82 valence electrons. The topological polar surface area (TPSA) is 48.1 Å². The summed E-state index contributed by atoms with van der Waals surface area (Å²) in [5.74, 6) is 0.627. The van der Waals surface area contributed by atoms with Gasteiger partial charge in [-0.1, -0.05) is 17.7 Å². The molecule has 0 fully saturated rings. The number of anilines is 1. The quantitative estimate of drug-likeness (QED) is 0.869. The van der Waals surface area contributed by atoms with E-state index >= 15 is 0 Å². The first-order valence-electron chi connectivity index (χ1n) is 4.76. The van der Waals surface area contributed by atoms with Crippen LogP contribution in [0.25, 0.3) is 11.1 Å². The molecular formula is C12H11ClN2O. The van der Waals surface area contributed by atoms with Crippen molar-refractivity contribution in [3.8, 4) is 16.9 Å². The zero-order chi connectivity index (χ0) is 11.5. The fourth-order valence-electron chi connectivity index (χ4n) is 1.47. The normalized spacial score (nSPS) is 10.1. The van der Waals surface area contributed by atoms with Gasteiger partial charge in [-0.15, -0.1) is 0 Å². The van der Waals surface area contributed by atoms with Gasteiger partial charge in [-0.3, -0.25) is 4.98 Å². The third kappa shape index (κ3) is 1.95. The van der Waals surface area contributed by atoms with Gasteiger partial charge in [-0.05, 0) is 23.8 Å². The van der Waals surface area contributed by atoms with Gasteiger partial charge < -0.3 is 10.5 Å². The molecule has 2 aromatic rings. The molecular weight excluding hydrogens is 224 g/mol. The summed E-state index contributed by atoms with van der Waals surface area (Å²) in [5, 5.41) is 0.578. The Kier molecular flexibility index (Phi) is 2.97.